The Balaban J connectivity index is 1.70. The molecule has 2 aliphatic rings. The van der Waals surface area contributed by atoms with Gasteiger partial charge in [0, 0.05) is 30.7 Å². The quantitative estimate of drug-likeness (QED) is 0.793. The summed E-state index contributed by atoms with van der Waals surface area (Å²) in [4.78, 5) is 15.2. The second kappa shape index (κ2) is 5.68. The van der Waals surface area contributed by atoms with Crippen molar-refractivity contribution in [3.8, 4) is 0 Å². The molecule has 0 amide bonds. The first kappa shape index (κ1) is 13.8. The van der Waals surface area contributed by atoms with Gasteiger partial charge in [0.1, 0.15) is 0 Å². The van der Waals surface area contributed by atoms with Crippen molar-refractivity contribution in [3.05, 3.63) is 18.0 Å². The highest BCUT2D eigenvalue weighted by Crippen LogP contribution is 2.37. The summed E-state index contributed by atoms with van der Waals surface area (Å²) in [6, 6.07) is 1.23. The molecule has 4 heteroatoms. The topological polar surface area (TPSA) is 38.1 Å². The highest BCUT2D eigenvalue weighted by atomic mass is 16.1. The third-order valence-corrected chi connectivity index (χ3v) is 5.08. The normalized spacial score (nSPS) is 30.4. The number of fused-ring (bicyclic) bond motifs is 2. The van der Waals surface area contributed by atoms with Gasteiger partial charge in [-0.15, -0.1) is 0 Å². The maximum absolute atomic E-state index is 12.7. The molecule has 1 aromatic heterocycles. The standard InChI is InChI=1S/C16H25N3O/c1-3-7-19-11-13(10-17-19)16(20)12-8-14-5-4-6-15(9-12)18(14)2/h10-12,14-15H,3-9H2,1-2H3. The molecule has 2 bridgehead atoms. The molecule has 0 radical (unpaired) electrons. The molecule has 3 rings (SSSR count). The SMILES string of the molecule is CCCn1cc(C(=O)C2CC3CCCC(C2)N3C)cn1. The van der Waals surface area contributed by atoms with E-state index in [0.29, 0.717) is 17.9 Å². The van der Waals surface area contributed by atoms with Crippen LogP contribution in [0.25, 0.3) is 0 Å². The highest BCUT2D eigenvalue weighted by Gasteiger charge is 2.38. The number of nitrogens with zero attached hydrogens (tertiary/aromatic N) is 3. The number of hydrogen-bond acceptors (Lipinski definition) is 3. The summed E-state index contributed by atoms with van der Waals surface area (Å²) >= 11 is 0. The lowest BCUT2D eigenvalue weighted by Crippen LogP contribution is -2.51. The Kier molecular flexibility index (Phi) is 3.92. The van der Waals surface area contributed by atoms with E-state index in [0.717, 1.165) is 31.4 Å². The van der Waals surface area contributed by atoms with Gasteiger partial charge in [0.25, 0.3) is 0 Å². The molecule has 20 heavy (non-hydrogen) atoms. The predicted molar refractivity (Wildman–Crippen MR) is 78.8 cm³/mol. The number of carbonyl (C=O) groups is 1. The third kappa shape index (κ3) is 2.53. The predicted octanol–water partition coefficient (Wildman–Crippen LogP) is 2.74. The van der Waals surface area contributed by atoms with Crippen molar-refractivity contribution in [1.29, 1.82) is 0 Å². The van der Waals surface area contributed by atoms with Crippen LogP contribution in [-0.2, 0) is 6.54 Å². The number of piperidine rings is 2. The lowest BCUT2D eigenvalue weighted by molar-refractivity contribution is 0.0338. The van der Waals surface area contributed by atoms with Gasteiger partial charge in [-0.05, 0) is 39.2 Å². The molecule has 4 nitrogen and oxygen atoms in total. The summed E-state index contributed by atoms with van der Waals surface area (Å²) in [5, 5.41) is 4.29. The van der Waals surface area contributed by atoms with Gasteiger partial charge in [0.15, 0.2) is 5.78 Å². The minimum atomic E-state index is 0.209. The van der Waals surface area contributed by atoms with Crippen LogP contribution in [0.2, 0.25) is 0 Å². The number of Topliss-reactive ketones (excluding diaryl/α,β-unsaturated/α-hetero) is 1. The minimum Gasteiger partial charge on any atom is -0.300 e. The number of aryl methyl sites for hydroxylation is 1. The maximum atomic E-state index is 12.7. The van der Waals surface area contributed by atoms with Crippen molar-refractivity contribution in [2.75, 3.05) is 7.05 Å². The Labute approximate surface area is 121 Å². The lowest BCUT2D eigenvalue weighted by atomic mass is 9.76. The van der Waals surface area contributed by atoms with E-state index in [9.17, 15) is 4.79 Å². The minimum absolute atomic E-state index is 0.209. The second-order valence-electron chi connectivity index (χ2n) is 6.43. The van der Waals surface area contributed by atoms with Crippen molar-refractivity contribution in [1.82, 2.24) is 14.7 Å². The fourth-order valence-electron chi connectivity index (χ4n) is 3.91. The zero-order chi connectivity index (χ0) is 14.1. The molecule has 0 aromatic carbocycles. The highest BCUT2D eigenvalue weighted by molar-refractivity contribution is 5.97. The molecule has 2 saturated heterocycles. The molecule has 110 valence electrons. The van der Waals surface area contributed by atoms with Gasteiger partial charge >= 0.3 is 0 Å². The molecule has 3 heterocycles. The van der Waals surface area contributed by atoms with E-state index in [2.05, 4.69) is 24.0 Å². The molecule has 1 aromatic rings. The Morgan fingerprint density at radius 2 is 2.05 bits per heavy atom. The van der Waals surface area contributed by atoms with Gasteiger partial charge in [-0.1, -0.05) is 13.3 Å². The van der Waals surface area contributed by atoms with Gasteiger partial charge in [-0.25, -0.2) is 0 Å². The van der Waals surface area contributed by atoms with E-state index < -0.39 is 0 Å². The van der Waals surface area contributed by atoms with Crippen LogP contribution >= 0.6 is 0 Å². The smallest absolute Gasteiger partial charge is 0.169 e. The first-order valence-electron chi connectivity index (χ1n) is 7.97. The molecule has 2 unspecified atom stereocenters. The summed E-state index contributed by atoms with van der Waals surface area (Å²) in [7, 11) is 2.23. The number of hydrogen-bond donors (Lipinski definition) is 0. The second-order valence-corrected chi connectivity index (χ2v) is 6.43. The monoisotopic (exact) mass is 275 g/mol. The van der Waals surface area contributed by atoms with E-state index in [-0.39, 0.29) is 5.92 Å². The van der Waals surface area contributed by atoms with E-state index >= 15 is 0 Å². The van der Waals surface area contributed by atoms with Crippen molar-refractivity contribution in [2.24, 2.45) is 5.92 Å². The molecule has 2 atom stereocenters. The number of ketones is 1. The fraction of sp³-hybridized carbons (Fsp3) is 0.750. The van der Waals surface area contributed by atoms with Gasteiger partial charge in [-0.2, -0.15) is 5.10 Å². The van der Waals surface area contributed by atoms with E-state index in [1.165, 1.54) is 19.3 Å². The van der Waals surface area contributed by atoms with Gasteiger partial charge < -0.3 is 4.90 Å². The molecule has 0 spiro atoms. The van der Waals surface area contributed by atoms with Gasteiger partial charge in [0.05, 0.1) is 11.8 Å². The largest absolute Gasteiger partial charge is 0.300 e. The molecule has 0 aliphatic carbocycles. The van der Waals surface area contributed by atoms with E-state index in [4.69, 9.17) is 0 Å². The molecule has 2 fully saturated rings. The van der Waals surface area contributed by atoms with Crippen molar-refractivity contribution in [3.63, 3.8) is 0 Å². The summed E-state index contributed by atoms with van der Waals surface area (Å²) in [6.07, 6.45) is 10.6. The lowest BCUT2D eigenvalue weighted by Gasteiger charge is -2.46. The van der Waals surface area contributed by atoms with E-state index in [1.54, 1.807) is 6.20 Å². The summed E-state index contributed by atoms with van der Waals surface area (Å²) in [5.74, 6) is 0.526. The first-order chi connectivity index (χ1) is 9.69. The van der Waals surface area contributed by atoms with E-state index in [1.807, 2.05) is 10.9 Å². The Bertz CT molecular complexity index is 468. The Morgan fingerprint density at radius 3 is 2.70 bits per heavy atom. The fourth-order valence-corrected chi connectivity index (χ4v) is 3.91. The number of aromatic nitrogens is 2. The van der Waals surface area contributed by atoms with Crippen LogP contribution in [0, 0.1) is 5.92 Å². The Hall–Kier alpha value is -1.16. The first-order valence-corrected chi connectivity index (χ1v) is 7.97. The maximum Gasteiger partial charge on any atom is 0.169 e. The van der Waals surface area contributed by atoms with Crippen molar-refractivity contribution < 1.29 is 4.79 Å². The van der Waals surface area contributed by atoms with Crippen LogP contribution in [0.5, 0.6) is 0 Å². The van der Waals surface area contributed by atoms with Crippen LogP contribution in [0.3, 0.4) is 0 Å². The third-order valence-electron chi connectivity index (χ3n) is 5.08. The summed E-state index contributed by atoms with van der Waals surface area (Å²) < 4.78 is 1.89. The Morgan fingerprint density at radius 1 is 1.35 bits per heavy atom. The summed E-state index contributed by atoms with van der Waals surface area (Å²) in [6.45, 7) is 3.02. The number of carbonyl (C=O) groups excluding carboxylic acids is 1. The average Bonchev–Trinajstić information content (AvgIpc) is 2.86. The zero-order valence-electron chi connectivity index (χ0n) is 12.6. The summed E-state index contributed by atoms with van der Waals surface area (Å²) in [5.41, 5.74) is 0.811. The molecule has 0 saturated carbocycles. The average molecular weight is 275 g/mol. The van der Waals surface area contributed by atoms with Crippen LogP contribution in [-0.4, -0.2) is 39.6 Å². The molecular formula is C16H25N3O. The zero-order valence-corrected chi connectivity index (χ0v) is 12.6. The molecule has 2 aliphatic heterocycles. The van der Waals surface area contributed by atoms with Crippen LogP contribution < -0.4 is 0 Å². The van der Waals surface area contributed by atoms with Gasteiger partial charge in [-0.3, -0.25) is 9.48 Å². The van der Waals surface area contributed by atoms with Crippen LogP contribution in [0.4, 0.5) is 0 Å². The van der Waals surface area contributed by atoms with Crippen molar-refractivity contribution in [2.45, 2.75) is 64.1 Å². The molecule has 0 N–H and O–H groups in total. The van der Waals surface area contributed by atoms with Crippen LogP contribution in [0.15, 0.2) is 12.4 Å². The van der Waals surface area contributed by atoms with Gasteiger partial charge in [0.2, 0.25) is 0 Å². The molecular weight excluding hydrogens is 250 g/mol. The van der Waals surface area contributed by atoms with Crippen molar-refractivity contribution >= 4 is 5.78 Å². The van der Waals surface area contributed by atoms with Crippen LogP contribution in [0.1, 0.15) is 55.8 Å². The number of rotatable bonds is 4.